The van der Waals surface area contributed by atoms with Gasteiger partial charge in [-0.3, -0.25) is 0 Å². The summed E-state index contributed by atoms with van der Waals surface area (Å²) >= 11 is 0. The van der Waals surface area contributed by atoms with Crippen LogP contribution in [0.25, 0.3) is 0 Å². The third kappa shape index (κ3) is 8.63. The van der Waals surface area contributed by atoms with Gasteiger partial charge in [-0.05, 0) is 106 Å². The zero-order valence-corrected chi connectivity index (χ0v) is 23.1. The Morgan fingerprint density at radius 3 is 2.27 bits per heavy atom. The number of carbonyl (C=O) groups excluding carboxylic acids is 1. The molecule has 1 aromatic carbocycles. The molecule has 208 valence electrons. The smallest absolute Gasteiger partial charge is 0.333 e. The Morgan fingerprint density at radius 1 is 1.03 bits per heavy atom. The van der Waals surface area contributed by atoms with Gasteiger partial charge in [0.25, 0.3) is 0 Å². The molecular formula is C32H48F2O3. The molecule has 3 nitrogen and oxygen atoms in total. The zero-order chi connectivity index (χ0) is 26.8. The second kappa shape index (κ2) is 15.0. The van der Waals surface area contributed by atoms with Gasteiger partial charge in [-0.15, -0.1) is 0 Å². The first kappa shape index (κ1) is 29.8. The average molecular weight is 519 g/mol. The number of hydrogen-bond acceptors (Lipinski definition) is 3. The van der Waals surface area contributed by atoms with Crippen molar-refractivity contribution in [3.8, 4) is 0 Å². The maximum absolute atomic E-state index is 14.9. The first-order chi connectivity index (χ1) is 17.8. The normalized spacial score (nSPS) is 25.0. The van der Waals surface area contributed by atoms with Gasteiger partial charge in [0.2, 0.25) is 0 Å². The highest BCUT2D eigenvalue weighted by Crippen LogP contribution is 2.45. The standard InChI is InChI=1S/C32H48F2O3/c1-4-5-6-7-28-18-19-29(31(34)30(28)33)27-16-14-26(15-17-27)25-12-10-23(11-13-25)8-9-24(20-35)21-37-32(36)22(2)3/h18-19,23-27,35H,2,4-17,20-21H2,1,3H3. The minimum atomic E-state index is -0.619. The van der Waals surface area contributed by atoms with E-state index in [1.54, 1.807) is 6.92 Å². The monoisotopic (exact) mass is 518 g/mol. The molecule has 2 aliphatic carbocycles. The lowest BCUT2D eigenvalue weighted by atomic mass is 9.67. The van der Waals surface area contributed by atoms with E-state index in [-0.39, 0.29) is 31.0 Å². The molecule has 5 heteroatoms. The summed E-state index contributed by atoms with van der Waals surface area (Å²) in [6.07, 6.45) is 14.6. The Hall–Kier alpha value is -1.75. The van der Waals surface area contributed by atoms with Crippen molar-refractivity contribution >= 4 is 5.97 Å². The van der Waals surface area contributed by atoms with Crippen molar-refractivity contribution in [2.24, 2.45) is 23.7 Å². The SMILES string of the molecule is C=C(C)C(=O)OCC(CO)CCC1CCC(C2CCC(c3ccc(CCCCC)c(F)c3F)CC2)CC1. The highest BCUT2D eigenvalue weighted by Gasteiger charge is 2.32. The molecule has 1 unspecified atom stereocenters. The summed E-state index contributed by atoms with van der Waals surface area (Å²) in [5.74, 6) is 0.635. The fourth-order valence-corrected chi connectivity index (χ4v) is 6.54. The fraction of sp³-hybridized carbons (Fsp3) is 0.719. The molecule has 0 amide bonds. The summed E-state index contributed by atoms with van der Waals surface area (Å²) in [5.41, 5.74) is 1.50. The molecule has 0 saturated heterocycles. The second-order valence-corrected chi connectivity index (χ2v) is 11.8. The number of benzene rings is 1. The number of rotatable bonds is 13. The number of carbonyl (C=O) groups is 1. The van der Waals surface area contributed by atoms with E-state index in [9.17, 15) is 18.7 Å². The van der Waals surface area contributed by atoms with E-state index in [1.165, 1.54) is 25.7 Å². The Balaban J connectivity index is 1.40. The maximum Gasteiger partial charge on any atom is 0.333 e. The molecule has 0 aliphatic heterocycles. The number of esters is 1. The first-order valence-electron chi connectivity index (χ1n) is 14.7. The predicted molar refractivity (Wildman–Crippen MR) is 145 cm³/mol. The molecule has 37 heavy (non-hydrogen) atoms. The van der Waals surface area contributed by atoms with Crippen LogP contribution in [-0.4, -0.2) is 24.3 Å². The summed E-state index contributed by atoms with van der Waals surface area (Å²) in [7, 11) is 0. The van der Waals surface area contributed by atoms with E-state index in [2.05, 4.69) is 13.5 Å². The minimum Gasteiger partial charge on any atom is -0.462 e. The zero-order valence-electron chi connectivity index (χ0n) is 23.1. The minimum absolute atomic E-state index is 0.00746. The van der Waals surface area contributed by atoms with E-state index in [4.69, 9.17) is 4.74 Å². The molecule has 2 fully saturated rings. The number of hydrogen-bond donors (Lipinski definition) is 1. The summed E-state index contributed by atoms with van der Waals surface area (Å²) in [6.45, 7) is 7.64. The van der Waals surface area contributed by atoms with Crippen LogP contribution in [0.2, 0.25) is 0 Å². The molecule has 3 rings (SSSR count). The van der Waals surface area contributed by atoms with Gasteiger partial charge in [0.1, 0.15) is 0 Å². The van der Waals surface area contributed by atoms with Crippen LogP contribution in [0.3, 0.4) is 0 Å². The molecule has 0 bridgehead atoms. The summed E-state index contributed by atoms with van der Waals surface area (Å²) in [5, 5.41) is 9.65. The Kier molecular flexibility index (Phi) is 12.1. The maximum atomic E-state index is 14.9. The van der Waals surface area contributed by atoms with E-state index >= 15 is 0 Å². The molecule has 0 heterocycles. The van der Waals surface area contributed by atoms with Crippen LogP contribution in [0, 0.1) is 35.3 Å². The van der Waals surface area contributed by atoms with Gasteiger partial charge in [-0.1, -0.05) is 51.3 Å². The third-order valence-corrected chi connectivity index (χ3v) is 9.05. The van der Waals surface area contributed by atoms with Crippen LogP contribution in [0.5, 0.6) is 0 Å². The third-order valence-electron chi connectivity index (χ3n) is 9.05. The quantitative estimate of drug-likeness (QED) is 0.162. The molecule has 2 saturated carbocycles. The number of aliphatic hydroxyl groups is 1. The van der Waals surface area contributed by atoms with Crippen LogP contribution in [0.1, 0.15) is 114 Å². The molecule has 0 aromatic heterocycles. The van der Waals surface area contributed by atoms with Crippen LogP contribution in [-0.2, 0) is 16.0 Å². The van der Waals surface area contributed by atoms with E-state index in [0.29, 0.717) is 35.0 Å². The van der Waals surface area contributed by atoms with E-state index in [1.807, 2.05) is 12.1 Å². The summed E-state index contributed by atoms with van der Waals surface area (Å²) < 4.78 is 34.8. The van der Waals surface area contributed by atoms with Crippen LogP contribution in [0.15, 0.2) is 24.3 Å². The van der Waals surface area contributed by atoms with Crippen LogP contribution in [0.4, 0.5) is 8.78 Å². The van der Waals surface area contributed by atoms with E-state index in [0.717, 1.165) is 63.7 Å². The van der Waals surface area contributed by atoms with Crippen molar-refractivity contribution in [3.63, 3.8) is 0 Å². The van der Waals surface area contributed by atoms with Gasteiger partial charge in [-0.2, -0.15) is 0 Å². The number of aryl methyl sites for hydroxylation is 1. The lowest BCUT2D eigenvalue weighted by molar-refractivity contribution is -0.140. The first-order valence-corrected chi connectivity index (χ1v) is 14.7. The fourth-order valence-electron chi connectivity index (χ4n) is 6.54. The molecular weight excluding hydrogens is 470 g/mol. The number of ether oxygens (including phenoxy) is 1. The molecule has 0 radical (unpaired) electrons. The Morgan fingerprint density at radius 2 is 1.68 bits per heavy atom. The van der Waals surface area contributed by atoms with Gasteiger partial charge < -0.3 is 9.84 Å². The molecule has 1 atom stereocenters. The van der Waals surface area contributed by atoms with Gasteiger partial charge >= 0.3 is 5.97 Å². The van der Waals surface area contributed by atoms with Crippen LogP contribution < -0.4 is 0 Å². The summed E-state index contributed by atoms with van der Waals surface area (Å²) in [4.78, 5) is 11.6. The highest BCUT2D eigenvalue weighted by atomic mass is 19.2. The lowest BCUT2D eigenvalue weighted by Gasteiger charge is -2.38. The molecule has 1 N–H and O–H groups in total. The lowest BCUT2D eigenvalue weighted by Crippen LogP contribution is -2.26. The van der Waals surface area contributed by atoms with Gasteiger partial charge in [0.15, 0.2) is 11.6 Å². The number of unbranched alkanes of at least 4 members (excludes halogenated alkanes) is 2. The van der Waals surface area contributed by atoms with Gasteiger partial charge in [0, 0.05) is 18.1 Å². The predicted octanol–water partition coefficient (Wildman–Crippen LogP) is 8.29. The molecule has 0 spiro atoms. The van der Waals surface area contributed by atoms with Crippen molar-refractivity contribution in [3.05, 3.63) is 47.0 Å². The van der Waals surface area contributed by atoms with Crippen molar-refractivity contribution in [1.29, 1.82) is 0 Å². The van der Waals surface area contributed by atoms with Crippen molar-refractivity contribution in [1.82, 2.24) is 0 Å². The average Bonchev–Trinajstić information content (AvgIpc) is 2.91. The van der Waals surface area contributed by atoms with Crippen LogP contribution >= 0.6 is 0 Å². The molecule has 1 aromatic rings. The number of halogens is 2. The molecule has 2 aliphatic rings. The van der Waals surface area contributed by atoms with Crippen molar-refractivity contribution in [2.45, 2.75) is 110 Å². The van der Waals surface area contributed by atoms with Crippen molar-refractivity contribution < 1.29 is 23.4 Å². The Labute approximate surface area is 223 Å². The summed E-state index contributed by atoms with van der Waals surface area (Å²) in [6, 6.07) is 3.68. The second-order valence-electron chi connectivity index (χ2n) is 11.8. The van der Waals surface area contributed by atoms with E-state index < -0.39 is 11.6 Å². The largest absolute Gasteiger partial charge is 0.462 e. The van der Waals surface area contributed by atoms with Crippen molar-refractivity contribution in [2.75, 3.05) is 13.2 Å². The Bertz CT molecular complexity index is 867. The number of aliphatic hydroxyl groups excluding tert-OH is 1. The van der Waals surface area contributed by atoms with Gasteiger partial charge in [-0.25, -0.2) is 13.6 Å². The topological polar surface area (TPSA) is 46.5 Å². The van der Waals surface area contributed by atoms with Gasteiger partial charge in [0.05, 0.1) is 6.61 Å². The highest BCUT2D eigenvalue weighted by molar-refractivity contribution is 5.86.